The summed E-state index contributed by atoms with van der Waals surface area (Å²) in [6.45, 7) is 8.04. The maximum absolute atomic E-state index is 10.2. The second-order valence-electron chi connectivity index (χ2n) is 7.49. The van der Waals surface area contributed by atoms with E-state index in [2.05, 4.69) is 6.92 Å². The molecule has 1 saturated heterocycles. The topological polar surface area (TPSA) is 109 Å². The molecule has 4 N–H and O–H groups in total. The van der Waals surface area contributed by atoms with Gasteiger partial charge < -0.3 is 34.6 Å². The molecule has 2 rings (SSSR count). The molecule has 0 saturated carbocycles. The Balaban J connectivity index is 2.12. The SMILES string of the molecule is CCCCCCOc1cc(C)c(O[C@H]2O[C@H](CO)[C@@H](O)[C@H](O)[C@@H]2O)c(C)c1C. The number of hydrogen-bond donors (Lipinski definition) is 4. The highest BCUT2D eigenvalue weighted by molar-refractivity contribution is 5.52. The van der Waals surface area contributed by atoms with Crippen molar-refractivity contribution in [1.82, 2.24) is 0 Å². The summed E-state index contributed by atoms with van der Waals surface area (Å²) in [7, 11) is 0. The van der Waals surface area contributed by atoms with Crippen LogP contribution in [0.2, 0.25) is 0 Å². The quantitative estimate of drug-likeness (QED) is 0.469. The first-order valence-electron chi connectivity index (χ1n) is 10.0. The van der Waals surface area contributed by atoms with Crippen molar-refractivity contribution in [3.63, 3.8) is 0 Å². The Morgan fingerprint density at radius 3 is 2.32 bits per heavy atom. The summed E-state index contributed by atoms with van der Waals surface area (Å²) >= 11 is 0. The van der Waals surface area contributed by atoms with Gasteiger partial charge in [0.15, 0.2) is 0 Å². The van der Waals surface area contributed by atoms with Crippen LogP contribution in [0.3, 0.4) is 0 Å². The molecule has 5 atom stereocenters. The zero-order chi connectivity index (χ0) is 20.8. The van der Waals surface area contributed by atoms with Gasteiger partial charge in [0.25, 0.3) is 0 Å². The highest BCUT2D eigenvalue weighted by atomic mass is 16.7. The van der Waals surface area contributed by atoms with Crippen molar-refractivity contribution in [2.45, 2.75) is 84.1 Å². The number of hydrogen-bond acceptors (Lipinski definition) is 7. The zero-order valence-corrected chi connectivity index (χ0v) is 17.2. The van der Waals surface area contributed by atoms with Gasteiger partial charge in [0.1, 0.15) is 35.9 Å². The summed E-state index contributed by atoms with van der Waals surface area (Å²) < 4.78 is 17.3. The molecule has 0 aromatic heterocycles. The van der Waals surface area contributed by atoms with Crippen LogP contribution in [-0.4, -0.2) is 64.3 Å². The molecule has 1 aliphatic rings. The second-order valence-corrected chi connectivity index (χ2v) is 7.49. The standard InChI is InChI=1S/C21H34O7/c1-5-6-7-8-9-26-15-10-12(2)20(14(4)13(15)3)28-21-19(25)18(24)17(23)16(11-22)27-21/h10,16-19,21-25H,5-9,11H2,1-4H3/t16-,17-,18+,19+,21-/m1/s1. The van der Waals surface area contributed by atoms with E-state index >= 15 is 0 Å². The number of aliphatic hydroxyl groups excluding tert-OH is 4. The zero-order valence-electron chi connectivity index (χ0n) is 17.2. The summed E-state index contributed by atoms with van der Waals surface area (Å²) in [6, 6.07) is 1.89. The van der Waals surface area contributed by atoms with Crippen molar-refractivity contribution in [2.75, 3.05) is 13.2 Å². The first-order valence-corrected chi connectivity index (χ1v) is 10.0. The van der Waals surface area contributed by atoms with Crippen LogP contribution in [0.25, 0.3) is 0 Å². The molecule has 0 radical (unpaired) electrons. The highest BCUT2D eigenvalue weighted by Gasteiger charge is 2.45. The molecule has 28 heavy (non-hydrogen) atoms. The average molecular weight is 398 g/mol. The predicted molar refractivity (Wildman–Crippen MR) is 105 cm³/mol. The summed E-state index contributed by atoms with van der Waals surface area (Å²) in [5.41, 5.74) is 2.59. The molecule has 7 heteroatoms. The lowest BCUT2D eigenvalue weighted by molar-refractivity contribution is -0.277. The second kappa shape index (κ2) is 10.4. The van der Waals surface area contributed by atoms with Crippen LogP contribution in [0, 0.1) is 20.8 Å². The van der Waals surface area contributed by atoms with Crippen molar-refractivity contribution in [3.8, 4) is 11.5 Å². The van der Waals surface area contributed by atoms with Gasteiger partial charge in [0.2, 0.25) is 6.29 Å². The van der Waals surface area contributed by atoms with Crippen LogP contribution in [0.15, 0.2) is 6.07 Å². The Labute approximate surface area is 166 Å². The first-order chi connectivity index (χ1) is 13.3. The number of rotatable bonds is 9. The van der Waals surface area contributed by atoms with E-state index in [4.69, 9.17) is 14.2 Å². The third-order valence-electron chi connectivity index (χ3n) is 5.32. The van der Waals surface area contributed by atoms with E-state index < -0.39 is 37.3 Å². The van der Waals surface area contributed by atoms with E-state index in [0.717, 1.165) is 35.3 Å². The highest BCUT2D eigenvalue weighted by Crippen LogP contribution is 2.35. The normalized spacial score (nSPS) is 27.6. The number of aliphatic hydroxyl groups is 4. The van der Waals surface area contributed by atoms with Crippen molar-refractivity contribution in [2.24, 2.45) is 0 Å². The van der Waals surface area contributed by atoms with Crippen molar-refractivity contribution in [1.29, 1.82) is 0 Å². The van der Waals surface area contributed by atoms with Crippen molar-refractivity contribution < 1.29 is 34.6 Å². The molecule has 1 heterocycles. The van der Waals surface area contributed by atoms with Crippen molar-refractivity contribution >= 4 is 0 Å². The summed E-state index contributed by atoms with van der Waals surface area (Å²) in [6.07, 6.45) is -1.99. The fourth-order valence-corrected chi connectivity index (χ4v) is 3.34. The van der Waals surface area contributed by atoms with E-state index in [1.165, 1.54) is 12.8 Å². The third-order valence-corrected chi connectivity index (χ3v) is 5.32. The molecule has 1 aliphatic heterocycles. The fraction of sp³-hybridized carbons (Fsp3) is 0.714. The Hall–Kier alpha value is -1.38. The van der Waals surface area contributed by atoms with Crippen LogP contribution in [0.4, 0.5) is 0 Å². The summed E-state index contributed by atoms with van der Waals surface area (Å²) in [5, 5.41) is 39.4. The van der Waals surface area contributed by atoms with Crippen LogP contribution >= 0.6 is 0 Å². The third kappa shape index (κ3) is 5.15. The molecular formula is C21H34O7. The number of unbranched alkanes of at least 4 members (excludes halogenated alkanes) is 3. The summed E-state index contributed by atoms with van der Waals surface area (Å²) in [4.78, 5) is 0. The number of aryl methyl sites for hydroxylation is 1. The molecule has 1 aromatic carbocycles. The maximum Gasteiger partial charge on any atom is 0.229 e. The van der Waals surface area contributed by atoms with Gasteiger partial charge in [-0.05, 0) is 49.9 Å². The van der Waals surface area contributed by atoms with Crippen LogP contribution in [0.1, 0.15) is 49.3 Å². The van der Waals surface area contributed by atoms with Crippen LogP contribution < -0.4 is 9.47 Å². The van der Waals surface area contributed by atoms with Gasteiger partial charge in [-0.2, -0.15) is 0 Å². The van der Waals surface area contributed by atoms with Gasteiger partial charge in [-0.25, -0.2) is 0 Å². The van der Waals surface area contributed by atoms with Gasteiger partial charge in [-0.3, -0.25) is 0 Å². The molecule has 0 bridgehead atoms. The lowest BCUT2D eigenvalue weighted by Gasteiger charge is -2.40. The first kappa shape index (κ1) is 22.9. The molecule has 1 aromatic rings. The van der Waals surface area contributed by atoms with E-state index in [0.29, 0.717) is 12.4 Å². The van der Waals surface area contributed by atoms with E-state index in [9.17, 15) is 20.4 Å². The molecule has 160 valence electrons. The Kier molecular flexibility index (Phi) is 8.52. The van der Waals surface area contributed by atoms with E-state index in [1.807, 2.05) is 26.8 Å². The average Bonchev–Trinajstić information content (AvgIpc) is 2.68. The van der Waals surface area contributed by atoms with E-state index in [1.54, 1.807) is 0 Å². The van der Waals surface area contributed by atoms with Crippen LogP contribution in [0.5, 0.6) is 11.5 Å². The lowest BCUT2D eigenvalue weighted by Crippen LogP contribution is -2.60. The monoisotopic (exact) mass is 398 g/mol. The molecule has 7 nitrogen and oxygen atoms in total. The van der Waals surface area contributed by atoms with Gasteiger partial charge in [-0.15, -0.1) is 0 Å². The summed E-state index contributed by atoms with van der Waals surface area (Å²) in [5.74, 6) is 1.33. The Morgan fingerprint density at radius 2 is 1.68 bits per heavy atom. The van der Waals surface area contributed by atoms with E-state index in [-0.39, 0.29) is 0 Å². The largest absolute Gasteiger partial charge is 0.493 e. The Bertz CT molecular complexity index is 632. The lowest BCUT2D eigenvalue weighted by atomic mass is 9.99. The maximum atomic E-state index is 10.2. The molecule has 0 aliphatic carbocycles. The minimum absolute atomic E-state index is 0.493. The molecule has 1 fully saturated rings. The number of benzene rings is 1. The van der Waals surface area contributed by atoms with Crippen LogP contribution in [-0.2, 0) is 4.74 Å². The van der Waals surface area contributed by atoms with Gasteiger partial charge in [-0.1, -0.05) is 26.2 Å². The van der Waals surface area contributed by atoms with Crippen molar-refractivity contribution in [3.05, 3.63) is 22.8 Å². The van der Waals surface area contributed by atoms with Gasteiger partial charge >= 0.3 is 0 Å². The molecule has 0 spiro atoms. The van der Waals surface area contributed by atoms with Gasteiger partial charge in [0, 0.05) is 0 Å². The minimum Gasteiger partial charge on any atom is -0.493 e. The molecule has 0 amide bonds. The molecule has 0 unspecified atom stereocenters. The number of ether oxygens (including phenoxy) is 3. The molecular weight excluding hydrogens is 364 g/mol. The Morgan fingerprint density at radius 1 is 0.964 bits per heavy atom. The van der Waals surface area contributed by atoms with Gasteiger partial charge in [0.05, 0.1) is 13.2 Å². The minimum atomic E-state index is -1.47. The predicted octanol–water partition coefficient (Wildman–Crippen LogP) is 1.75. The smallest absolute Gasteiger partial charge is 0.229 e. The fourth-order valence-electron chi connectivity index (χ4n) is 3.34.